The second-order valence-corrected chi connectivity index (χ2v) is 8.43. The highest BCUT2D eigenvalue weighted by Gasteiger charge is 2.54. The summed E-state index contributed by atoms with van der Waals surface area (Å²) in [4.78, 5) is 63.5. The number of esters is 1. The third kappa shape index (κ3) is 5.50. The maximum atomic E-state index is 13.4. The maximum Gasteiger partial charge on any atom is 0.328 e. The maximum absolute atomic E-state index is 13.4. The molecule has 0 radical (unpaired) electrons. The topological polar surface area (TPSA) is 134 Å². The third-order valence-corrected chi connectivity index (χ3v) is 6.23. The van der Waals surface area contributed by atoms with E-state index in [1.54, 1.807) is 0 Å². The monoisotopic (exact) mass is 458 g/mol. The molecule has 0 unspecified atom stereocenters. The van der Waals surface area contributed by atoms with Crippen LogP contribution in [0.15, 0.2) is 30.3 Å². The number of ether oxygens (including phenoxy) is 1. The van der Waals surface area contributed by atoms with Crippen molar-refractivity contribution in [1.29, 1.82) is 0 Å². The Hall–Kier alpha value is -3.43. The molecule has 2 fully saturated rings. The summed E-state index contributed by atoms with van der Waals surface area (Å²) in [7, 11) is 1.27. The molecule has 1 aromatic rings. The van der Waals surface area contributed by atoms with Gasteiger partial charge in [0.05, 0.1) is 13.7 Å². The zero-order valence-corrected chi connectivity index (χ0v) is 18.9. The summed E-state index contributed by atoms with van der Waals surface area (Å²) in [6.07, 6.45) is 2.04. The van der Waals surface area contributed by atoms with Gasteiger partial charge in [0.2, 0.25) is 23.6 Å². The molecule has 3 N–H and O–H groups in total. The first-order valence-corrected chi connectivity index (χ1v) is 11.0. The van der Waals surface area contributed by atoms with Crippen molar-refractivity contribution >= 4 is 29.6 Å². The van der Waals surface area contributed by atoms with Crippen molar-refractivity contribution in [3.8, 4) is 0 Å². The van der Waals surface area contributed by atoms with Gasteiger partial charge < -0.3 is 25.6 Å². The van der Waals surface area contributed by atoms with Crippen LogP contribution in [0.25, 0.3) is 0 Å². The number of carbonyl (C=O) groups is 5. The number of piperidine rings is 1. The Morgan fingerprint density at radius 1 is 1.18 bits per heavy atom. The molecule has 4 amide bonds. The molecule has 2 aliphatic rings. The zero-order chi connectivity index (χ0) is 24.0. The molecule has 10 nitrogen and oxygen atoms in total. The number of nitrogens with zero attached hydrogens (tertiary/aromatic N) is 1. The first kappa shape index (κ1) is 24.2. The summed E-state index contributed by atoms with van der Waals surface area (Å²) >= 11 is 0. The van der Waals surface area contributed by atoms with Crippen LogP contribution in [-0.4, -0.2) is 72.3 Å². The third-order valence-electron chi connectivity index (χ3n) is 6.23. The van der Waals surface area contributed by atoms with E-state index in [0.29, 0.717) is 25.8 Å². The highest BCUT2D eigenvalue weighted by molar-refractivity contribution is 5.98. The minimum Gasteiger partial charge on any atom is -0.467 e. The highest BCUT2D eigenvalue weighted by atomic mass is 16.5. The van der Waals surface area contributed by atoms with E-state index in [2.05, 4.69) is 16.0 Å². The molecule has 0 aromatic heterocycles. The molecular weight excluding hydrogens is 428 g/mol. The number of hydrogen-bond donors (Lipinski definition) is 3. The van der Waals surface area contributed by atoms with Crippen LogP contribution in [0.3, 0.4) is 0 Å². The number of carbonyl (C=O) groups excluding carboxylic acids is 5. The summed E-state index contributed by atoms with van der Waals surface area (Å²) < 4.78 is 4.89. The number of benzene rings is 1. The average Bonchev–Trinajstić information content (AvgIpc) is 3.25. The van der Waals surface area contributed by atoms with Gasteiger partial charge >= 0.3 is 5.97 Å². The highest BCUT2D eigenvalue weighted by Crippen LogP contribution is 2.38. The van der Waals surface area contributed by atoms with Gasteiger partial charge in [-0.25, -0.2) is 4.79 Å². The van der Waals surface area contributed by atoms with Crippen molar-refractivity contribution in [1.82, 2.24) is 20.9 Å². The van der Waals surface area contributed by atoms with Crippen molar-refractivity contribution in [3.05, 3.63) is 35.9 Å². The van der Waals surface area contributed by atoms with Crippen molar-refractivity contribution in [2.24, 2.45) is 0 Å². The van der Waals surface area contributed by atoms with E-state index in [-0.39, 0.29) is 37.1 Å². The lowest BCUT2D eigenvalue weighted by atomic mass is 9.83. The Bertz CT molecular complexity index is 921. The van der Waals surface area contributed by atoms with Gasteiger partial charge in [-0.3, -0.25) is 19.2 Å². The Labute approximate surface area is 192 Å². The van der Waals surface area contributed by atoms with Crippen molar-refractivity contribution in [3.63, 3.8) is 0 Å². The summed E-state index contributed by atoms with van der Waals surface area (Å²) in [5, 5.41) is 7.85. The normalized spacial score (nSPS) is 22.7. The summed E-state index contributed by atoms with van der Waals surface area (Å²) in [6, 6.07) is 7.65. The van der Waals surface area contributed by atoms with Crippen LogP contribution >= 0.6 is 0 Å². The lowest BCUT2D eigenvalue weighted by Crippen LogP contribution is -2.66. The Kier molecular flexibility index (Phi) is 7.67. The van der Waals surface area contributed by atoms with Crippen LogP contribution in [0.5, 0.6) is 0 Å². The van der Waals surface area contributed by atoms with Gasteiger partial charge in [0, 0.05) is 19.9 Å². The SMILES string of the molecule is COC(=O)[C@H](Cc1ccccc1)NC(=O)[C@@]12CCCN1C(=O)[C@@H](NC(=O)CNC(C)=O)CC2. The van der Waals surface area contributed by atoms with Gasteiger partial charge in [0.25, 0.3) is 0 Å². The average molecular weight is 459 g/mol. The number of hydrogen-bond acceptors (Lipinski definition) is 6. The fourth-order valence-corrected chi connectivity index (χ4v) is 4.57. The Balaban J connectivity index is 1.70. The smallest absolute Gasteiger partial charge is 0.328 e. The molecule has 3 rings (SSSR count). The summed E-state index contributed by atoms with van der Waals surface area (Å²) in [6.45, 7) is 1.48. The van der Waals surface area contributed by atoms with Crippen LogP contribution in [0.1, 0.15) is 38.2 Å². The van der Waals surface area contributed by atoms with E-state index < -0.39 is 29.5 Å². The molecule has 0 bridgehead atoms. The van der Waals surface area contributed by atoms with Gasteiger partial charge in [-0.2, -0.15) is 0 Å². The summed E-state index contributed by atoms with van der Waals surface area (Å²) in [5.41, 5.74) is -0.186. The molecule has 0 saturated carbocycles. The summed E-state index contributed by atoms with van der Waals surface area (Å²) in [5.74, 6) is -2.08. The molecule has 2 saturated heterocycles. The molecule has 33 heavy (non-hydrogen) atoms. The van der Waals surface area contributed by atoms with E-state index in [0.717, 1.165) is 5.56 Å². The van der Waals surface area contributed by atoms with Crippen LogP contribution in [0.2, 0.25) is 0 Å². The number of methoxy groups -OCH3 is 1. The predicted octanol–water partition coefficient (Wildman–Crippen LogP) is -0.337. The number of nitrogens with one attached hydrogen (secondary N) is 3. The number of rotatable bonds is 8. The zero-order valence-electron chi connectivity index (χ0n) is 18.9. The number of fused-ring (bicyclic) bond motifs is 1. The molecule has 0 spiro atoms. The molecule has 10 heteroatoms. The van der Waals surface area contributed by atoms with Crippen LogP contribution in [-0.2, 0) is 35.1 Å². The fourth-order valence-electron chi connectivity index (χ4n) is 4.57. The molecule has 2 heterocycles. The second-order valence-electron chi connectivity index (χ2n) is 8.43. The lowest BCUT2D eigenvalue weighted by molar-refractivity contribution is -0.154. The van der Waals surface area contributed by atoms with Gasteiger partial charge in [-0.05, 0) is 31.2 Å². The fraction of sp³-hybridized carbons (Fsp3) is 0.522. The standard InChI is InChI=1S/C23H30N4O6/c1-15(28)24-14-19(29)25-17-9-11-23(10-6-12-27(23)20(17)30)22(32)26-18(21(31)33-2)13-16-7-4-3-5-8-16/h3-5,7-8,17-18H,6,9-14H2,1-2H3,(H,24,28)(H,25,29)(H,26,32)/t17-,18-,23-/m0/s1. The predicted molar refractivity (Wildman–Crippen MR) is 118 cm³/mol. The van der Waals surface area contributed by atoms with E-state index in [9.17, 15) is 24.0 Å². The minimum atomic E-state index is -1.06. The lowest BCUT2D eigenvalue weighted by Gasteiger charge is -2.44. The molecule has 178 valence electrons. The molecule has 1 aromatic carbocycles. The van der Waals surface area contributed by atoms with Crippen LogP contribution in [0.4, 0.5) is 0 Å². The van der Waals surface area contributed by atoms with Gasteiger partial charge in [0.15, 0.2) is 0 Å². The van der Waals surface area contributed by atoms with Gasteiger partial charge in [0.1, 0.15) is 17.6 Å². The number of amides is 4. The van der Waals surface area contributed by atoms with E-state index >= 15 is 0 Å². The van der Waals surface area contributed by atoms with E-state index in [1.807, 2.05) is 30.3 Å². The Morgan fingerprint density at radius 3 is 2.58 bits per heavy atom. The van der Waals surface area contributed by atoms with Crippen molar-refractivity contribution < 1.29 is 28.7 Å². The second kappa shape index (κ2) is 10.5. The van der Waals surface area contributed by atoms with E-state index in [1.165, 1.54) is 18.9 Å². The van der Waals surface area contributed by atoms with Crippen molar-refractivity contribution in [2.75, 3.05) is 20.2 Å². The quantitative estimate of drug-likeness (QED) is 0.457. The molecular formula is C23H30N4O6. The van der Waals surface area contributed by atoms with Crippen LogP contribution in [0, 0.1) is 0 Å². The molecule has 2 aliphatic heterocycles. The molecule has 0 aliphatic carbocycles. The van der Waals surface area contributed by atoms with Crippen LogP contribution < -0.4 is 16.0 Å². The van der Waals surface area contributed by atoms with Gasteiger partial charge in [-0.15, -0.1) is 0 Å². The first-order valence-electron chi connectivity index (χ1n) is 11.0. The van der Waals surface area contributed by atoms with Gasteiger partial charge in [-0.1, -0.05) is 30.3 Å². The first-order chi connectivity index (χ1) is 15.8. The minimum absolute atomic E-state index is 0.217. The Morgan fingerprint density at radius 2 is 1.91 bits per heavy atom. The van der Waals surface area contributed by atoms with E-state index in [4.69, 9.17) is 4.74 Å². The van der Waals surface area contributed by atoms with Crippen molar-refractivity contribution in [2.45, 2.75) is 56.7 Å². The largest absolute Gasteiger partial charge is 0.467 e. The molecule has 3 atom stereocenters.